The van der Waals surface area contributed by atoms with E-state index in [0.717, 1.165) is 128 Å². The standard InChI is InChI=1S/C90H77BCl2N4/c1-87(2,3)66-32-20-28-57(42-66)74-46-64(72-36-18-16-26-61(72)54-94)47-75(58-29-21-33-67(43-58)88(4,5)6)85(74)96-80-52-70(92)38-40-78(80)91-79-41-39-71(93)53-81(79)97(83-51-63(50-82(96)84(83)91)56-24-14-13-15-25-56)86-76(59-30-22-34-68(44-59)89(7,8)9)48-65(73-37-19-17-27-62(73)55-95)49-77(86)60-31-23-35-69(45-60)90(10,11)12/h13-53H,1-12H3. The van der Waals surface area contributed by atoms with Gasteiger partial charge in [0.1, 0.15) is 0 Å². The Bertz CT molecular complexity index is 4770. The van der Waals surface area contributed by atoms with Gasteiger partial charge in [0.2, 0.25) is 0 Å². The van der Waals surface area contributed by atoms with E-state index >= 15 is 0 Å². The number of anilines is 6. The number of rotatable bonds is 9. The van der Waals surface area contributed by atoms with Crippen molar-refractivity contribution in [2.75, 3.05) is 9.80 Å². The van der Waals surface area contributed by atoms with Crippen molar-refractivity contribution >= 4 is 80.4 Å². The van der Waals surface area contributed by atoms with Gasteiger partial charge in [-0.1, -0.05) is 282 Å². The largest absolute Gasteiger partial charge is 0.310 e. The Balaban J connectivity index is 1.20. The van der Waals surface area contributed by atoms with Gasteiger partial charge in [0, 0.05) is 55.0 Å². The molecule has 4 nitrogen and oxygen atoms in total. The lowest BCUT2D eigenvalue weighted by Gasteiger charge is -2.46. The molecule has 14 rings (SSSR count). The molecule has 0 amide bonds. The Hall–Kier alpha value is -10.1. The fraction of sp³-hybridized carbons (Fsp3) is 0.178. The third kappa shape index (κ3) is 11.8. The molecule has 0 N–H and O–H groups in total. The van der Waals surface area contributed by atoms with Crippen molar-refractivity contribution in [1.82, 2.24) is 0 Å². The van der Waals surface area contributed by atoms with Crippen molar-refractivity contribution < 1.29 is 0 Å². The maximum absolute atomic E-state index is 10.9. The van der Waals surface area contributed by atoms with Crippen LogP contribution in [0.2, 0.25) is 10.0 Å². The van der Waals surface area contributed by atoms with Crippen LogP contribution in [-0.2, 0) is 21.7 Å². The van der Waals surface area contributed by atoms with Crippen molar-refractivity contribution in [3.63, 3.8) is 0 Å². The lowest BCUT2D eigenvalue weighted by atomic mass is 9.33. The zero-order chi connectivity index (χ0) is 68.0. The van der Waals surface area contributed by atoms with Gasteiger partial charge in [-0.3, -0.25) is 0 Å². The summed E-state index contributed by atoms with van der Waals surface area (Å²) in [7, 11) is 0. The van der Waals surface area contributed by atoms with Gasteiger partial charge in [0.15, 0.2) is 0 Å². The summed E-state index contributed by atoms with van der Waals surface area (Å²) in [5.74, 6) is 0. The first-order valence-electron chi connectivity index (χ1n) is 33.6. The quantitative estimate of drug-likeness (QED) is 0.135. The van der Waals surface area contributed by atoms with Crippen molar-refractivity contribution in [3.05, 3.63) is 292 Å². The molecule has 474 valence electrons. The smallest absolute Gasteiger partial charge is 0.252 e. The highest BCUT2D eigenvalue weighted by molar-refractivity contribution is 7.00. The normalized spacial score (nSPS) is 12.8. The predicted molar refractivity (Wildman–Crippen MR) is 413 cm³/mol. The minimum Gasteiger partial charge on any atom is -0.310 e. The average Bonchev–Trinajstić information content (AvgIpc) is 0.689. The van der Waals surface area contributed by atoms with E-state index in [1.807, 2.05) is 48.5 Å². The molecule has 0 atom stereocenters. The second kappa shape index (κ2) is 24.5. The number of halogens is 2. The van der Waals surface area contributed by atoms with Crippen molar-refractivity contribution in [1.29, 1.82) is 10.5 Å². The van der Waals surface area contributed by atoms with Crippen LogP contribution in [0.4, 0.5) is 34.1 Å². The van der Waals surface area contributed by atoms with Gasteiger partial charge in [0.25, 0.3) is 6.71 Å². The van der Waals surface area contributed by atoms with E-state index in [1.165, 1.54) is 22.3 Å². The summed E-state index contributed by atoms with van der Waals surface area (Å²) >= 11 is 15.1. The van der Waals surface area contributed by atoms with E-state index in [9.17, 15) is 10.5 Å². The monoisotopic (exact) mass is 1290 g/mol. The van der Waals surface area contributed by atoms with Crippen molar-refractivity contribution in [2.24, 2.45) is 0 Å². The molecular weight excluding hydrogens is 1220 g/mol. The zero-order valence-corrected chi connectivity index (χ0v) is 58.8. The van der Waals surface area contributed by atoms with E-state index < -0.39 is 0 Å². The number of nitrogens with zero attached hydrogens (tertiary/aromatic N) is 4. The second-order valence-electron chi connectivity index (χ2n) is 30.3. The molecule has 0 radical (unpaired) electrons. The second-order valence-corrected chi connectivity index (χ2v) is 31.2. The summed E-state index contributed by atoms with van der Waals surface area (Å²) in [4.78, 5) is 5.06. The highest BCUT2D eigenvalue weighted by atomic mass is 35.5. The predicted octanol–water partition coefficient (Wildman–Crippen LogP) is 23.7. The number of hydrogen-bond acceptors (Lipinski definition) is 4. The first kappa shape index (κ1) is 64.2. The SMILES string of the molecule is CC(C)(C)c1cccc(-c2cc(-c3ccccc3C#N)cc(-c3cccc(C(C)(C)C)c3)c2N2c3cc(Cl)ccc3B3c4ccc(Cl)cc4N(c4c(-c5cccc(C(C)(C)C)c5)cc(-c5ccccc5C#N)cc4-c4cccc(C(C)(C)C)c4)c4cc(-c5ccccc5)cc2c43)c1. The molecule has 12 aromatic carbocycles. The van der Waals surface area contributed by atoms with Gasteiger partial charge >= 0.3 is 0 Å². The minimum absolute atomic E-state index is 0.191. The van der Waals surface area contributed by atoms with Crippen LogP contribution in [0.25, 0.3) is 77.9 Å². The maximum atomic E-state index is 10.9. The summed E-state index contributed by atoms with van der Waals surface area (Å²) in [6.07, 6.45) is 0. The van der Waals surface area contributed by atoms with E-state index in [4.69, 9.17) is 23.2 Å². The summed E-state index contributed by atoms with van der Waals surface area (Å²) in [5.41, 5.74) is 28.0. The zero-order valence-electron chi connectivity index (χ0n) is 57.3. The molecule has 2 aliphatic heterocycles. The van der Waals surface area contributed by atoms with Crippen LogP contribution in [0, 0.1) is 22.7 Å². The Labute approximate surface area is 583 Å². The molecule has 0 saturated heterocycles. The minimum atomic E-state index is -0.328. The number of benzene rings is 12. The Morgan fingerprint density at radius 2 is 0.608 bits per heavy atom. The van der Waals surface area contributed by atoms with E-state index in [0.29, 0.717) is 21.2 Å². The van der Waals surface area contributed by atoms with Crippen LogP contribution in [0.5, 0.6) is 0 Å². The molecule has 12 aromatic rings. The highest BCUT2D eigenvalue weighted by Crippen LogP contribution is 2.56. The van der Waals surface area contributed by atoms with Gasteiger partial charge in [-0.25, -0.2) is 0 Å². The van der Waals surface area contributed by atoms with Gasteiger partial charge in [-0.05, 0) is 189 Å². The van der Waals surface area contributed by atoms with E-state index in [2.05, 4.69) is 305 Å². The Morgan fingerprint density at radius 3 is 0.938 bits per heavy atom. The topological polar surface area (TPSA) is 54.1 Å². The molecule has 0 saturated carbocycles. The van der Waals surface area contributed by atoms with Crippen LogP contribution in [-0.4, -0.2) is 6.71 Å². The lowest BCUT2D eigenvalue weighted by molar-refractivity contribution is 0.590. The molecule has 0 aromatic heterocycles. The molecular formula is C90H77BCl2N4. The van der Waals surface area contributed by atoms with Crippen molar-refractivity contribution in [2.45, 2.75) is 105 Å². The highest BCUT2D eigenvalue weighted by Gasteiger charge is 2.46. The van der Waals surface area contributed by atoms with Crippen LogP contribution in [0.3, 0.4) is 0 Å². The fourth-order valence-electron chi connectivity index (χ4n) is 14.4. The molecule has 0 bridgehead atoms. The van der Waals surface area contributed by atoms with Crippen LogP contribution >= 0.6 is 23.2 Å². The lowest BCUT2D eigenvalue weighted by Crippen LogP contribution is -2.61. The number of fused-ring (bicyclic) bond motifs is 4. The van der Waals surface area contributed by atoms with Crippen LogP contribution in [0.15, 0.2) is 249 Å². The molecule has 2 aliphatic rings. The summed E-state index contributed by atoms with van der Waals surface area (Å²) in [6, 6.07) is 95.0. The molecule has 0 fully saturated rings. The molecule has 97 heavy (non-hydrogen) atoms. The van der Waals surface area contributed by atoms with Crippen molar-refractivity contribution in [3.8, 4) is 90.0 Å². The third-order valence-corrected chi connectivity index (χ3v) is 20.1. The molecule has 2 heterocycles. The third-order valence-electron chi connectivity index (χ3n) is 19.6. The summed E-state index contributed by atoms with van der Waals surface area (Å²) < 4.78 is 0. The maximum Gasteiger partial charge on any atom is 0.252 e. The number of nitriles is 2. The molecule has 0 aliphatic carbocycles. The van der Waals surface area contributed by atoms with Crippen LogP contribution in [0.1, 0.15) is 116 Å². The van der Waals surface area contributed by atoms with Gasteiger partial charge in [-0.2, -0.15) is 10.5 Å². The van der Waals surface area contributed by atoms with E-state index in [1.54, 1.807) is 0 Å². The number of hydrogen-bond donors (Lipinski definition) is 0. The molecule has 7 heteroatoms. The molecule has 0 spiro atoms. The Kier molecular flexibility index (Phi) is 16.2. The van der Waals surface area contributed by atoms with Gasteiger partial charge in [-0.15, -0.1) is 0 Å². The Morgan fingerprint density at radius 1 is 0.289 bits per heavy atom. The summed E-state index contributed by atoms with van der Waals surface area (Å²) in [6.45, 7) is 27.0. The van der Waals surface area contributed by atoms with Gasteiger partial charge < -0.3 is 9.80 Å². The summed E-state index contributed by atoms with van der Waals surface area (Å²) in [5, 5.41) is 23.1. The first-order chi connectivity index (χ1) is 46.4. The fourth-order valence-corrected chi connectivity index (χ4v) is 14.8. The first-order valence-corrected chi connectivity index (χ1v) is 34.3. The molecule has 0 unspecified atom stereocenters. The average molecular weight is 1300 g/mol. The van der Waals surface area contributed by atoms with Crippen LogP contribution < -0.4 is 26.2 Å². The van der Waals surface area contributed by atoms with E-state index in [-0.39, 0.29) is 28.4 Å². The van der Waals surface area contributed by atoms with Gasteiger partial charge in [0.05, 0.1) is 34.6 Å².